The van der Waals surface area contributed by atoms with Gasteiger partial charge in [-0.05, 0) is 51.8 Å². The number of hydrogen-bond acceptors (Lipinski definition) is 3. The fourth-order valence-corrected chi connectivity index (χ4v) is 1.96. The molecule has 0 heterocycles. The van der Waals surface area contributed by atoms with Gasteiger partial charge < -0.3 is 9.84 Å². The smallest absolute Gasteiger partial charge is 0.145 e. The maximum Gasteiger partial charge on any atom is 0.145 e. The van der Waals surface area contributed by atoms with E-state index in [0.29, 0.717) is 27.1 Å². The lowest BCUT2D eigenvalue weighted by Gasteiger charge is -2.10. The number of hydrogen-bond donors (Lipinski definition) is 1. The van der Waals surface area contributed by atoms with Crippen LogP contribution in [0, 0.1) is 17.1 Å². The molecule has 0 fully saturated rings. The van der Waals surface area contributed by atoms with Gasteiger partial charge in [-0.3, -0.25) is 0 Å². The third kappa shape index (κ3) is 3.11. The molecule has 2 aromatic carbocycles. The van der Waals surface area contributed by atoms with Gasteiger partial charge in [0.2, 0.25) is 0 Å². The highest BCUT2D eigenvalue weighted by Gasteiger charge is 2.09. The minimum absolute atomic E-state index is 0.144. The highest BCUT2D eigenvalue weighted by molar-refractivity contribution is 9.10. The summed E-state index contributed by atoms with van der Waals surface area (Å²) in [5.74, 6) is 0.386. The molecule has 19 heavy (non-hydrogen) atoms. The van der Waals surface area contributed by atoms with Crippen LogP contribution in [-0.2, 0) is 6.61 Å². The van der Waals surface area contributed by atoms with Crippen molar-refractivity contribution in [2.45, 2.75) is 6.61 Å². The highest BCUT2D eigenvalue weighted by atomic mass is 79.9. The maximum absolute atomic E-state index is 13.0. The van der Waals surface area contributed by atoms with Gasteiger partial charge in [0.25, 0.3) is 0 Å². The topological polar surface area (TPSA) is 53.2 Å². The van der Waals surface area contributed by atoms with Gasteiger partial charge in [-0.15, -0.1) is 0 Å². The minimum Gasteiger partial charge on any atom is -0.455 e. The Kier molecular flexibility index (Phi) is 4.15. The van der Waals surface area contributed by atoms with Crippen molar-refractivity contribution in [2.75, 3.05) is 0 Å². The summed E-state index contributed by atoms with van der Waals surface area (Å²) in [4.78, 5) is 0. The van der Waals surface area contributed by atoms with E-state index in [4.69, 9.17) is 15.1 Å². The number of aliphatic hydroxyl groups excluding tert-OH is 1. The summed E-state index contributed by atoms with van der Waals surface area (Å²) < 4.78 is 19.0. The van der Waals surface area contributed by atoms with Crippen LogP contribution >= 0.6 is 15.9 Å². The third-order valence-corrected chi connectivity index (χ3v) is 3.08. The Hall–Kier alpha value is -1.90. The van der Waals surface area contributed by atoms with Crippen molar-refractivity contribution in [3.8, 4) is 17.6 Å². The van der Waals surface area contributed by atoms with Crippen LogP contribution in [0.25, 0.3) is 0 Å². The summed E-state index contributed by atoms with van der Waals surface area (Å²) in [7, 11) is 0. The largest absolute Gasteiger partial charge is 0.455 e. The Morgan fingerprint density at radius 2 is 1.95 bits per heavy atom. The van der Waals surface area contributed by atoms with Gasteiger partial charge in [-0.2, -0.15) is 5.26 Å². The van der Waals surface area contributed by atoms with Crippen LogP contribution in [0.5, 0.6) is 11.5 Å². The second-order valence-corrected chi connectivity index (χ2v) is 4.63. The van der Waals surface area contributed by atoms with E-state index >= 15 is 0 Å². The zero-order valence-corrected chi connectivity index (χ0v) is 11.3. The number of aliphatic hydroxyl groups is 1. The molecule has 0 aliphatic heterocycles. The van der Waals surface area contributed by atoms with Gasteiger partial charge in [0.15, 0.2) is 0 Å². The number of benzene rings is 2. The molecule has 0 saturated carbocycles. The zero-order valence-electron chi connectivity index (χ0n) is 9.73. The lowest BCUT2D eigenvalue weighted by molar-refractivity contribution is 0.281. The number of rotatable bonds is 3. The molecule has 96 valence electrons. The van der Waals surface area contributed by atoms with Crippen molar-refractivity contribution in [2.24, 2.45) is 0 Å². The van der Waals surface area contributed by atoms with E-state index in [9.17, 15) is 4.39 Å². The molecule has 0 bridgehead atoms. The Balaban J connectivity index is 2.35. The molecule has 0 aliphatic rings. The van der Waals surface area contributed by atoms with Crippen LogP contribution in [0.15, 0.2) is 40.9 Å². The Labute approximate surface area is 118 Å². The summed E-state index contributed by atoms with van der Waals surface area (Å²) >= 11 is 3.19. The molecule has 5 heteroatoms. The van der Waals surface area contributed by atoms with E-state index in [2.05, 4.69) is 15.9 Å². The normalized spacial score (nSPS) is 10.0. The molecular formula is C14H9BrFNO2. The van der Waals surface area contributed by atoms with Crippen LogP contribution in [0.4, 0.5) is 4.39 Å². The summed E-state index contributed by atoms with van der Waals surface area (Å²) in [5.41, 5.74) is 0.935. The van der Waals surface area contributed by atoms with Crippen LogP contribution in [-0.4, -0.2) is 5.11 Å². The molecule has 1 N–H and O–H groups in total. The summed E-state index contributed by atoms with van der Waals surface area (Å²) in [5, 5.41) is 18.1. The van der Waals surface area contributed by atoms with Crippen LogP contribution < -0.4 is 4.74 Å². The van der Waals surface area contributed by atoms with Gasteiger partial charge in [0.1, 0.15) is 23.4 Å². The molecule has 2 aromatic rings. The van der Waals surface area contributed by atoms with Crippen molar-refractivity contribution in [3.63, 3.8) is 0 Å². The average molecular weight is 322 g/mol. The van der Waals surface area contributed by atoms with Crippen molar-refractivity contribution in [1.29, 1.82) is 5.26 Å². The molecule has 0 aromatic heterocycles. The molecule has 0 radical (unpaired) electrons. The first-order chi connectivity index (χ1) is 9.13. The summed E-state index contributed by atoms with van der Waals surface area (Å²) in [6, 6.07) is 10.8. The van der Waals surface area contributed by atoms with E-state index < -0.39 is 0 Å². The maximum atomic E-state index is 13.0. The monoisotopic (exact) mass is 321 g/mol. The molecular weight excluding hydrogens is 313 g/mol. The quantitative estimate of drug-likeness (QED) is 0.936. The Morgan fingerprint density at radius 1 is 1.21 bits per heavy atom. The molecule has 0 saturated heterocycles. The lowest BCUT2D eigenvalue weighted by atomic mass is 10.1. The highest BCUT2D eigenvalue weighted by Crippen LogP contribution is 2.32. The molecule has 0 unspecified atom stereocenters. The van der Waals surface area contributed by atoms with E-state index in [1.165, 1.54) is 18.2 Å². The van der Waals surface area contributed by atoms with Gasteiger partial charge >= 0.3 is 0 Å². The first-order valence-electron chi connectivity index (χ1n) is 5.41. The minimum atomic E-state index is -0.379. The molecule has 3 nitrogen and oxygen atoms in total. The van der Waals surface area contributed by atoms with Crippen LogP contribution in [0.1, 0.15) is 11.1 Å². The number of ether oxygens (including phenoxy) is 1. The van der Waals surface area contributed by atoms with Gasteiger partial charge in [-0.25, -0.2) is 4.39 Å². The standard InChI is InChI=1S/C14H9BrFNO2/c15-12-6-11(16)2-4-14(12)19-13-3-1-9(8-18)5-10(13)7-17/h1-6,18H,8H2. The summed E-state index contributed by atoms with van der Waals surface area (Å²) in [6.07, 6.45) is 0. The van der Waals surface area contributed by atoms with Crippen molar-refractivity contribution in [1.82, 2.24) is 0 Å². The Morgan fingerprint density at radius 3 is 2.58 bits per heavy atom. The van der Waals surface area contributed by atoms with Crippen molar-refractivity contribution < 1.29 is 14.2 Å². The molecule has 0 atom stereocenters. The van der Waals surface area contributed by atoms with E-state index in [1.54, 1.807) is 18.2 Å². The number of nitriles is 1. The number of halogens is 2. The van der Waals surface area contributed by atoms with E-state index in [1.807, 2.05) is 6.07 Å². The third-order valence-electron chi connectivity index (χ3n) is 2.46. The van der Waals surface area contributed by atoms with Gasteiger partial charge in [0, 0.05) is 0 Å². The Bertz CT molecular complexity index is 652. The van der Waals surface area contributed by atoms with Crippen molar-refractivity contribution >= 4 is 15.9 Å². The zero-order chi connectivity index (χ0) is 13.8. The van der Waals surface area contributed by atoms with Gasteiger partial charge in [0.05, 0.1) is 16.6 Å². The predicted octanol–water partition coefficient (Wildman–Crippen LogP) is 3.74. The molecule has 0 spiro atoms. The fraction of sp³-hybridized carbons (Fsp3) is 0.0714. The molecule has 0 amide bonds. The van der Waals surface area contributed by atoms with E-state index in [-0.39, 0.29) is 12.4 Å². The van der Waals surface area contributed by atoms with Crippen LogP contribution in [0.2, 0.25) is 0 Å². The second-order valence-electron chi connectivity index (χ2n) is 3.78. The molecule has 2 rings (SSSR count). The lowest BCUT2D eigenvalue weighted by Crippen LogP contribution is -1.92. The predicted molar refractivity (Wildman–Crippen MR) is 71.3 cm³/mol. The fourth-order valence-electron chi connectivity index (χ4n) is 1.53. The van der Waals surface area contributed by atoms with Crippen LogP contribution in [0.3, 0.4) is 0 Å². The average Bonchev–Trinajstić information content (AvgIpc) is 2.42. The second kappa shape index (κ2) is 5.83. The van der Waals surface area contributed by atoms with Gasteiger partial charge in [-0.1, -0.05) is 6.07 Å². The number of nitrogens with zero attached hydrogens (tertiary/aromatic N) is 1. The molecule has 0 aliphatic carbocycles. The summed E-state index contributed by atoms with van der Waals surface area (Å²) in [6.45, 7) is -0.144. The SMILES string of the molecule is N#Cc1cc(CO)ccc1Oc1ccc(F)cc1Br. The van der Waals surface area contributed by atoms with E-state index in [0.717, 1.165) is 0 Å². The first-order valence-corrected chi connectivity index (χ1v) is 6.20. The first kappa shape index (κ1) is 13.5. The van der Waals surface area contributed by atoms with Crippen molar-refractivity contribution in [3.05, 3.63) is 57.8 Å².